The first-order chi connectivity index (χ1) is 29.9. The molecule has 0 unspecified atom stereocenters. The van der Waals surface area contributed by atoms with Crippen LogP contribution >= 0.6 is 0 Å². The predicted octanol–water partition coefficient (Wildman–Crippen LogP) is 12.0. The summed E-state index contributed by atoms with van der Waals surface area (Å²) in [4.78, 5) is 0. The van der Waals surface area contributed by atoms with Crippen LogP contribution in [0.15, 0.2) is 170 Å². The molecule has 0 aliphatic heterocycles. The van der Waals surface area contributed by atoms with Crippen molar-refractivity contribution in [3.05, 3.63) is 203 Å². The second kappa shape index (κ2) is 15.6. The highest BCUT2D eigenvalue weighted by Gasteiger charge is 2.52. The molecule has 2 aliphatic carbocycles. The molecule has 0 atom stereocenters. The van der Waals surface area contributed by atoms with E-state index in [-0.39, 0.29) is 13.2 Å². The van der Waals surface area contributed by atoms with Crippen LogP contribution in [0, 0.1) is 0 Å². The molecule has 0 heterocycles. The first-order valence-electron chi connectivity index (χ1n) is 20.3. The topological polar surface area (TPSA) is 107 Å². The third-order valence-corrected chi connectivity index (χ3v) is 11.9. The van der Waals surface area contributed by atoms with Gasteiger partial charge in [0.15, 0.2) is 0 Å². The lowest BCUT2D eigenvalue weighted by Crippen LogP contribution is -2.26. The summed E-state index contributed by atoms with van der Waals surface area (Å²) in [6, 6.07) is 58.6. The summed E-state index contributed by atoms with van der Waals surface area (Å²) in [6.45, 7) is -0.0116. The van der Waals surface area contributed by atoms with Gasteiger partial charge in [-0.3, -0.25) is 0 Å². The van der Waals surface area contributed by atoms with Crippen LogP contribution in [-0.4, -0.2) is 24.4 Å². The van der Waals surface area contributed by atoms with Crippen molar-refractivity contribution in [2.45, 2.75) is 18.6 Å². The van der Waals surface area contributed by atoms with Crippen molar-refractivity contribution in [1.29, 1.82) is 0 Å². The number of benzene rings is 8. The number of methoxy groups -OCH3 is 2. The van der Waals surface area contributed by atoms with Gasteiger partial charge in [-0.2, -0.15) is 0 Å². The van der Waals surface area contributed by atoms with Crippen LogP contribution < -0.4 is 30.7 Å². The van der Waals surface area contributed by atoms with Gasteiger partial charge < -0.3 is 41.0 Å². The van der Waals surface area contributed by atoms with E-state index in [0.29, 0.717) is 0 Å². The molecule has 1 spiro atoms. The molecule has 6 N–H and O–H groups in total. The quantitative estimate of drug-likeness (QED) is 0.0725. The van der Waals surface area contributed by atoms with Gasteiger partial charge in [-0.05, 0) is 177 Å². The molecule has 0 bridgehead atoms. The van der Waals surface area contributed by atoms with E-state index in [2.05, 4.69) is 94.1 Å². The number of nitrogens with one attached hydrogen (secondary N) is 4. The molecular formula is C53H44N4O4. The average Bonchev–Trinajstić information content (AvgIpc) is 3.75. The standard InChI is InChI=1S/C53H44N4O4/c1-60-43-19-11-37(12-20-43)56-41-17-25-47-45-23-15-39(54-35-7-3-33(31-58)4-8-35)27-49(45)53(51(47)29-41)50-28-40(55-36-9-5-34(32-59)6-10-36)16-24-46(50)48-26-18-42(30-52(48)53)57-38-13-21-44(61-2)22-14-38/h3-30,54-59H,31-32H2,1-2H3. The predicted molar refractivity (Wildman–Crippen MR) is 247 cm³/mol. The zero-order valence-electron chi connectivity index (χ0n) is 33.8. The molecule has 8 heteroatoms. The molecule has 300 valence electrons. The van der Waals surface area contributed by atoms with E-state index in [0.717, 1.165) is 79.3 Å². The number of fused-ring (bicyclic) bond motifs is 10. The number of ether oxygens (including phenoxy) is 2. The van der Waals surface area contributed by atoms with Crippen molar-refractivity contribution in [2.24, 2.45) is 0 Å². The summed E-state index contributed by atoms with van der Waals surface area (Å²) >= 11 is 0. The molecule has 0 fully saturated rings. The van der Waals surface area contributed by atoms with E-state index in [1.165, 1.54) is 33.4 Å². The van der Waals surface area contributed by atoms with Crippen LogP contribution in [0.25, 0.3) is 22.3 Å². The van der Waals surface area contributed by atoms with Crippen molar-refractivity contribution in [3.8, 4) is 33.8 Å². The number of hydrogen-bond acceptors (Lipinski definition) is 8. The first kappa shape index (κ1) is 37.7. The fourth-order valence-corrected chi connectivity index (χ4v) is 8.94. The van der Waals surface area contributed by atoms with Crippen molar-refractivity contribution in [1.82, 2.24) is 0 Å². The molecule has 0 amide bonds. The van der Waals surface area contributed by atoms with Gasteiger partial charge >= 0.3 is 0 Å². The maximum absolute atomic E-state index is 9.71. The minimum absolute atomic E-state index is 0.00580. The zero-order valence-corrected chi connectivity index (χ0v) is 33.8. The number of aliphatic hydroxyl groups is 2. The molecule has 0 radical (unpaired) electrons. The molecule has 8 aromatic rings. The van der Waals surface area contributed by atoms with Crippen LogP contribution in [0.4, 0.5) is 45.5 Å². The normalized spacial score (nSPS) is 12.5. The molecule has 0 aromatic heterocycles. The highest BCUT2D eigenvalue weighted by molar-refractivity contribution is 5.98. The van der Waals surface area contributed by atoms with E-state index >= 15 is 0 Å². The number of anilines is 8. The van der Waals surface area contributed by atoms with Crippen molar-refractivity contribution < 1.29 is 19.7 Å². The summed E-state index contributed by atoms with van der Waals surface area (Å²) in [5.41, 5.74) is 18.0. The fourth-order valence-electron chi connectivity index (χ4n) is 8.94. The smallest absolute Gasteiger partial charge is 0.119 e. The molecule has 0 saturated carbocycles. The second-order valence-corrected chi connectivity index (χ2v) is 15.5. The van der Waals surface area contributed by atoms with Gasteiger partial charge in [-0.15, -0.1) is 0 Å². The lowest BCUT2D eigenvalue weighted by Gasteiger charge is -2.32. The highest BCUT2D eigenvalue weighted by atomic mass is 16.5. The number of rotatable bonds is 12. The number of aliphatic hydroxyl groups excluding tert-OH is 2. The monoisotopic (exact) mass is 800 g/mol. The van der Waals surface area contributed by atoms with Crippen molar-refractivity contribution >= 4 is 45.5 Å². The zero-order chi connectivity index (χ0) is 41.5. The Bertz CT molecular complexity index is 2490. The maximum Gasteiger partial charge on any atom is 0.119 e. The number of hydrogen-bond donors (Lipinski definition) is 6. The minimum atomic E-state index is -0.721. The maximum atomic E-state index is 9.71. The van der Waals surface area contributed by atoms with Gasteiger partial charge in [0.05, 0.1) is 32.8 Å². The Kier molecular flexibility index (Phi) is 9.64. The van der Waals surface area contributed by atoms with E-state index in [1.807, 2.05) is 97.1 Å². The van der Waals surface area contributed by atoms with Gasteiger partial charge in [-0.1, -0.05) is 48.5 Å². The van der Waals surface area contributed by atoms with Gasteiger partial charge in [0, 0.05) is 45.5 Å². The second-order valence-electron chi connectivity index (χ2n) is 15.5. The van der Waals surface area contributed by atoms with Crippen molar-refractivity contribution in [3.63, 3.8) is 0 Å². The Morgan fingerprint density at radius 3 is 0.836 bits per heavy atom. The Morgan fingerprint density at radius 2 is 0.590 bits per heavy atom. The first-order valence-corrected chi connectivity index (χ1v) is 20.3. The van der Waals surface area contributed by atoms with Crippen LogP contribution in [-0.2, 0) is 18.6 Å². The summed E-state index contributed by atoms with van der Waals surface area (Å²) < 4.78 is 10.9. The summed E-state index contributed by atoms with van der Waals surface area (Å²) in [5.74, 6) is 1.60. The van der Waals surface area contributed by atoms with Gasteiger partial charge in [-0.25, -0.2) is 0 Å². The lowest BCUT2D eigenvalue weighted by molar-refractivity contribution is 0.281. The third kappa shape index (κ3) is 6.78. The molecule has 8 aromatic carbocycles. The highest BCUT2D eigenvalue weighted by Crippen LogP contribution is 2.64. The fraction of sp³-hybridized carbons (Fsp3) is 0.0943. The summed E-state index contributed by atoms with van der Waals surface area (Å²) in [7, 11) is 3.36. The summed E-state index contributed by atoms with van der Waals surface area (Å²) in [6.07, 6.45) is 0. The van der Waals surface area contributed by atoms with E-state index < -0.39 is 5.41 Å². The van der Waals surface area contributed by atoms with Crippen LogP contribution in [0.3, 0.4) is 0 Å². The Labute approximate surface area is 355 Å². The van der Waals surface area contributed by atoms with Gasteiger partial charge in [0.25, 0.3) is 0 Å². The summed E-state index contributed by atoms with van der Waals surface area (Å²) in [5, 5.41) is 34.1. The Hall–Kier alpha value is -7.52. The Morgan fingerprint density at radius 1 is 0.344 bits per heavy atom. The molecule has 0 saturated heterocycles. The molecule has 8 nitrogen and oxygen atoms in total. The SMILES string of the molecule is COc1ccc(Nc2ccc3c(c2)C2(c4cc(Nc5ccc(CO)cc5)ccc4-3)c3cc(Nc4ccc(CO)cc4)ccc3-c3ccc(Nc4ccc(OC)cc4)cc32)cc1. The van der Waals surface area contributed by atoms with Crippen LogP contribution in [0.5, 0.6) is 11.5 Å². The van der Waals surface area contributed by atoms with Crippen LogP contribution in [0.2, 0.25) is 0 Å². The van der Waals surface area contributed by atoms with E-state index in [4.69, 9.17) is 9.47 Å². The minimum Gasteiger partial charge on any atom is -0.497 e. The molecule has 61 heavy (non-hydrogen) atoms. The van der Waals surface area contributed by atoms with Crippen molar-refractivity contribution in [2.75, 3.05) is 35.5 Å². The molecular weight excluding hydrogens is 757 g/mol. The lowest BCUT2D eigenvalue weighted by atomic mass is 9.70. The largest absolute Gasteiger partial charge is 0.497 e. The van der Waals surface area contributed by atoms with Gasteiger partial charge in [0.2, 0.25) is 0 Å². The average molecular weight is 801 g/mol. The Balaban J connectivity index is 1.18. The third-order valence-electron chi connectivity index (χ3n) is 11.9. The molecule has 10 rings (SSSR count). The van der Waals surface area contributed by atoms with Gasteiger partial charge in [0.1, 0.15) is 11.5 Å². The van der Waals surface area contributed by atoms with Crippen LogP contribution in [0.1, 0.15) is 33.4 Å². The van der Waals surface area contributed by atoms with E-state index in [1.54, 1.807) is 14.2 Å². The van der Waals surface area contributed by atoms with E-state index in [9.17, 15) is 10.2 Å². The molecule has 2 aliphatic rings.